The number of alkyl halides is 5. The van der Waals surface area contributed by atoms with Crippen molar-refractivity contribution >= 4 is 31.9 Å². The highest BCUT2D eigenvalue weighted by molar-refractivity contribution is 9.10. The second-order valence-electron chi connectivity index (χ2n) is 3.23. The Balaban J connectivity index is 2.52. The average Bonchev–Trinajstić information content (AvgIpc) is 2.19. The molecule has 0 N–H and O–H groups in total. The van der Waals surface area contributed by atoms with Gasteiger partial charge in [-0.3, -0.25) is 0 Å². The SMILES string of the molecule is FC(F)(Br)C(F)(F)CCOc1ccccc1Br. The standard InChI is InChI=1S/C10H8Br2F4O/c11-7-3-1-2-4-8(7)17-6-5-9(13,14)10(12,15)16/h1-4H,5-6H2. The summed E-state index contributed by atoms with van der Waals surface area (Å²) in [6, 6.07) is 6.58. The van der Waals surface area contributed by atoms with Gasteiger partial charge in [-0.05, 0) is 44.0 Å². The lowest BCUT2D eigenvalue weighted by Crippen LogP contribution is -2.36. The fourth-order valence-corrected chi connectivity index (χ4v) is 1.59. The van der Waals surface area contributed by atoms with Crippen LogP contribution in [0.15, 0.2) is 28.7 Å². The van der Waals surface area contributed by atoms with E-state index in [9.17, 15) is 17.6 Å². The van der Waals surface area contributed by atoms with E-state index in [0.29, 0.717) is 10.2 Å². The van der Waals surface area contributed by atoms with Crippen LogP contribution < -0.4 is 4.74 Å². The Hall–Kier alpha value is -0.300. The smallest absolute Gasteiger partial charge is 0.363 e. The van der Waals surface area contributed by atoms with Crippen LogP contribution >= 0.6 is 31.9 Å². The number of ether oxygens (including phenoxy) is 1. The van der Waals surface area contributed by atoms with Gasteiger partial charge in [0.05, 0.1) is 17.5 Å². The van der Waals surface area contributed by atoms with Crippen LogP contribution in [0.2, 0.25) is 0 Å². The summed E-state index contributed by atoms with van der Waals surface area (Å²) in [7, 11) is 0. The van der Waals surface area contributed by atoms with Gasteiger partial charge in [-0.2, -0.15) is 17.6 Å². The van der Waals surface area contributed by atoms with Gasteiger partial charge in [-0.1, -0.05) is 12.1 Å². The summed E-state index contributed by atoms with van der Waals surface area (Å²) in [4.78, 5) is -4.22. The molecule has 0 aliphatic heterocycles. The van der Waals surface area contributed by atoms with Crippen LogP contribution in [0, 0.1) is 0 Å². The third-order valence-corrected chi connectivity index (χ3v) is 3.16. The molecule has 0 fully saturated rings. The summed E-state index contributed by atoms with van der Waals surface area (Å²) in [5, 5.41) is 0. The highest BCUT2D eigenvalue weighted by Crippen LogP contribution is 2.41. The second kappa shape index (κ2) is 5.56. The van der Waals surface area contributed by atoms with E-state index in [0.717, 1.165) is 0 Å². The summed E-state index contributed by atoms with van der Waals surface area (Å²) in [6.45, 7) is -0.503. The Kier molecular flexibility index (Phi) is 4.83. The van der Waals surface area contributed by atoms with Gasteiger partial charge in [-0.25, -0.2) is 0 Å². The summed E-state index contributed by atoms with van der Waals surface area (Å²) >= 11 is 4.80. The summed E-state index contributed by atoms with van der Waals surface area (Å²) in [6.07, 6.45) is -1.08. The number of rotatable bonds is 5. The maximum Gasteiger partial charge on any atom is 0.363 e. The van der Waals surface area contributed by atoms with Crippen molar-refractivity contribution in [3.8, 4) is 5.75 Å². The van der Waals surface area contributed by atoms with Gasteiger partial charge in [0.15, 0.2) is 0 Å². The van der Waals surface area contributed by atoms with Gasteiger partial charge in [-0.15, -0.1) is 0 Å². The Morgan fingerprint density at radius 1 is 1.12 bits per heavy atom. The van der Waals surface area contributed by atoms with Gasteiger partial charge in [0, 0.05) is 0 Å². The van der Waals surface area contributed by atoms with E-state index < -0.39 is 23.8 Å². The number of hydrogen-bond donors (Lipinski definition) is 0. The van der Waals surface area contributed by atoms with Gasteiger partial charge >= 0.3 is 10.8 Å². The van der Waals surface area contributed by atoms with Gasteiger partial charge in [0.1, 0.15) is 5.75 Å². The summed E-state index contributed by atoms with van der Waals surface area (Å²) < 4.78 is 56.1. The second-order valence-corrected chi connectivity index (χ2v) is 5.08. The quantitative estimate of drug-likeness (QED) is 0.525. The molecule has 0 spiro atoms. The number of para-hydroxylation sites is 1. The summed E-state index contributed by atoms with van der Waals surface area (Å²) in [5.41, 5.74) is 0. The topological polar surface area (TPSA) is 9.23 Å². The monoisotopic (exact) mass is 378 g/mol. The molecule has 0 aliphatic rings. The van der Waals surface area contributed by atoms with Crippen molar-refractivity contribution in [3.05, 3.63) is 28.7 Å². The third kappa shape index (κ3) is 4.13. The molecule has 1 rings (SSSR count). The molecule has 0 aliphatic carbocycles. The lowest BCUT2D eigenvalue weighted by Gasteiger charge is -2.21. The molecule has 0 saturated carbocycles. The molecule has 96 valence electrons. The van der Waals surface area contributed by atoms with E-state index in [1.807, 2.05) is 0 Å². The van der Waals surface area contributed by atoms with Crippen molar-refractivity contribution in [3.63, 3.8) is 0 Å². The first-order valence-electron chi connectivity index (χ1n) is 4.56. The molecule has 0 radical (unpaired) electrons. The first-order chi connectivity index (χ1) is 7.74. The maximum absolute atomic E-state index is 12.8. The molecule has 0 unspecified atom stereocenters. The average molecular weight is 380 g/mol. The van der Waals surface area contributed by atoms with Crippen molar-refractivity contribution in [1.29, 1.82) is 0 Å². The van der Waals surface area contributed by atoms with Crippen LogP contribution in [0.3, 0.4) is 0 Å². The highest BCUT2D eigenvalue weighted by Gasteiger charge is 2.53. The molecule has 0 aromatic heterocycles. The minimum Gasteiger partial charge on any atom is -0.492 e. The largest absolute Gasteiger partial charge is 0.492 e. The van der Waals surface area contributed by atoms with E-state index in [-0.39, 0.29) is 0 Å². The Morgan fingerprint density at radius 2 is 1.71 bits per heavy atom. The Bertz CT molecular complexity index is 379. The molecule has 0 heterocycles. The van der Waals surface area contributed by atoms with Crippen molar-refractivity contribution in [1.82, 2.24) is 0 Å². The zero-order valence-corrected chi connectivity index (χ0v) is 11.6. The van der Waals surface area contributed by atoms with Crippen LogP contribution in [-0.4, -0.2) is 17.4 Å². The minimum atomic E-state index is -4.22. The van der Waals surface area contributed by atoms with Crippen molar-refractivity contribution in [2.45, 2.75) is 17.2 Å². The molecule has 7 heteroatoms. The molecule has 0 atom stereocenters. The zero-order chi connectivity index (χ0) is 13.1. The zero-order valence-electron chi connectivity index (χ0n) is 8.40. The molecular formula is C10H8Br2F4O. The molecule has 0 amide bonds. The molecule has 0 bridgehead atoms. The maximum atomic E-state index is 12.8. The van der Waals surface area contributed by atoms with E-state index in [4.69, 9.17) is 4.74 Å². The first-order valence-corrected chi connectivity index (χ1v) is 6.14. The minimum absolute atomic E-state index is 0.334. The Morgan fingerprint density at radius 3 is 2.24 bits per heavy atom. The Labute approximate surface area is 112 Å². The molecule has 0 saturated heterocycles. The van der Waals surface area contributed by atoms with E-state index in [2.05, 4.69) is 15.9 Å². The molecular weight excluding hydrogens is 372 g/mol. The highest BCUT2D eigenvalue weighted by atomic mass is 79.9. The summed E-state index contributed by atoms with van der Waals surface area (Å²) in [5.74, 6) is -3.81. The number of hydrogen-bond acceptors (Lipinski definition) is 1. The van der Waals surface area contributed by atoms with Crippen LogP contribution in [0.1, 0.15) is 6.42 Å². The predicted octanol–water partition coefficient (Wildman–Crippen LogP) is 4.84. The van der Waals surface area contributed by atoms with E-state index in [1.54, 1.807) is 40.2 Å². The van der Waals surface area contributed by atoms with Crippen molar-refractivity contribution < 1.29 is 22.3 Å². The molecule has 1 aromatic carbocycles. The van der Waals surface area contributed by atoms with Gasteiger partial charge in [0.25, 0.3) is 0 Å². The fraction of sp³-hybridized carbons (Fsp3) is 0.400. The van der Waals surface area contributed by atoms with Crippen LogP contribution in [-0.2, 0) is 0 Å². The predicted molar refractivity (Wildman–Crippen MR) is 63.1 cm³/mol. The van der Waals surface area contributed by atoms with Gasteiger partial charge in [0.2, 0.25) is 0 Å². The fourth-order valence-electron chi connectivity index (χ4n) is 0.993. The lowest BCUT2D eigenvalue weighted by molar-refractivity contribution is -0.154. The van der Waals surface area contributed by atoms with Crippen LogP contribution in [0.5, 0.6) is 5.75 Å². The van der Waals surface area contributed by atoms with Crippen LogP contribution in [0.25, 0.3) is 0 Å². The third-order valence-electron chi connectivity index (χ3n) is 1.92. The van der Waals surface area contributed by atoms with Crippen molar-refractivity contribution in [2.75, 3.05) is 6.61 Å². The van der Waals surface area contributed by atoms with E-state index in [1.165, 1.54) is 0 Å². The normalized spacial score (nSPS) is 12.6. The van der Waals surface area contributed by atoms with E-state index >= 15 is 0 Å². The molecule has 17 heavy (non-hydrogen) atoms. The molecule has 1 nitrogen and oxygen atoms in total. The van der Waals surface area contributed by atoms with Gasteiger partial charge < -0.3 is 4.74 Å². The first kappa shape index (κ1) is 14.8. The number of benzene rings is 1. The molecule has 1 aromatic rings. The lowest BCUT2D eigenvalue weighted by atomic mass is 10.2. The van der Waals surface area contributed by atoms with Crippen LogP contribution in [0.4, 0.5) is 17.6 Å². The van der Waals surface area contributed by atoms with Crippen molar-refractivity contribution in [2.24, 2.45) is 0 Å². The number of halogens is 6.